The van der Waals surface area contributed by atoms with Crippen LogP contribution in [0.15, 0.2) is 36.5 Å². The number of nitro groups is 1. The molecule has 1 amide bonds. The van der Waals surface area contributed by atoms with E-state index in [9.17, 15) is 14.9 Å². The van der Waals surface area contributed by atoms with E-state index in [0.29, 0.717) is 5.69 Å². The SMILES string of the molecule is Cc1ccc(NC(=O)c2cc(Cl)ncc2[N+](=O)[O-])cc1. The number of nitrogens with zero attached hydrogens (tertiary/aromatic N) is 2. The Labute approximate surface area is 119 Å². The summed E-state index contributed by atoms with van der Waals surface area (Å²) >= 11 is 5.68. The van der Waals surface area contributed by atoms with Gasteiger partial charge in [0.1, 0.15) is 16.9 Å². The van der Waals surface area contributed by atoms with Gasteiger partial charge < -0.3 is 5.32 Å². The van der Waals surface area contributed by atoms with Gasteiger partial charge in [0.25, 0.3) is 11.6 Å². The van der Waals surface area contributed by atoms with Crippen LogP contribution in [0.5, 0.6) is 0 Å². The van der Waals surface area contributed by atoms with Crippen molar-refractivity contribution < 1.29 is 9.72 Å². The average molecular weight is 292 g/mol. The number of halogens is 1. The summed E-state index contributed by atoms with van der Waals surface area (Å²) in [5.74, 6) is -0.607. The molecular weight excluding hydrogens is 282 g/mol. The van der Waals surface area contributed by atoms with Crippen LogP contribution in [0.1, 0.15) is 15.9 Å². The topological polar surface area (TPSA) is 85.1 Å². The van der Waals surface area contributed by atoms with E-state index in [0.717, 1.165) is 11.8 Å². The number of carbonyl (C=O) groups excluding carboxylic acids is 1. The van der Waals surface area contributed by atoms with E-state index in [4.69, 9.17) is 11.6 Å². The normalized spacial score (nSPS) is 10.1. The third-order valence-electron chi connectivity index (χ3n) is 2.60. The fourth-order valence-corrected chi connectivity index (χ4v) is 1.74. The Morgan fingerprint density at radius 1 is 1.35 bits per heavy atom. The molecule has 0 spiro atoms. The molecular formula is C13H10ClN3O3. The first-order valence-electron chi connectivity index (χ1n) is 5.65. The zero-order valence-electron chi connectivity index (χ0n) is 10.5. The Morgan fingerprint density at radius 3 is 2.60 bits per heavy atom. The molecule has 0 radical (unpaired) electrons. The quantitative estimate of drug-likeness (QED) is 0.534. The molecule has 1 aromatic heterocycles. The third kappa shape index (κ3) is 3.10. The zero-order valence-corrected chi connectivity index (χ0v) is 11.2. The highest BCUT2D eigenvalue weighted by atomic mass is 35.5. The maximum absolute atomic E-state index is 12.1. The highest BCUT2D eigenvalue weighted by Gasteiger charge is 2.21. The van der Waals surface area contributed by atoms with Gasteiger partial charge in [-0.1, -0.05) is 29.3 Å². The number of nitrogens with one attached hydrogen (secondary N) is 1. The lowest BCUT2D eigenvalue weighted by Gasteiger charge is -2.06. The standard InChI is InChI=1S/C13H10ClN3O3/c1-8-2-4-9(5-3-8)16-13(18)10-6-12(14)15-7-11(10)17(19)20/h2-7H,1H3,(H,16,18). The van der Waals surface area contributed by atoms with Crippen molar-refractivity contribution in [3.05, 3.63) is 62.9 Å². The zero-order chi connectivity index (χ0) is 14.7. The number of hydrogen-bond donors (Lipinski definition) is 1. The van der Waals surface area contributed by atoms with Gasteiger partial charge in [-0.05, 0) is 25.1 Å². The van der Waals surface area contributed by atoms with Crippen molar-refractivity contribution in [1.29, 1.82) is 0 Å². The third-order valence-corrected chi connectivity index (χ3v) is 2.81. The summed E-state index contributed by atoms with van der Waals surface area (Å²) in [6.07, 6.45) is 0.965. The molecule has 0 bridgehead atoms. The molecule has 0 fully saturated rings. The molecule has 0 aliphatic heterocycles. The molecule has 2 aromatic rings. The maximum Gasteiger partial charge on any atom is 0.300 e. The van der Waals surface area contributed by atoms with Gasteiger partial charge in [0, 0.05) is 5.69 Å². The number of hydrogen-bond acceptors (Lipinski definition) is 4. The highest BCUT2D eigenvalue weighted by Crippen LogP contribution is 2.21. The summed E-state index contributed by atoms with van der Waals surface area (Å²) in [5.41, 5.74) is 1.07. The van der Waals surface area contributed by atoms with E-state index < -0.39 is 10.8 Å². The molecule has 1 aromatic carbocycles. The first kappa shape index (κ1) is 14.0. The summed E-state index contributed by atoms with van der Waals surface area (Å²) in [5, 5.41) is 13.5. The molecule has 0 saturated carbocycles. The lowest BCUT2D eigenvalue weighted by molar-refractivity contribution is -0.385. The van der Waals surface area contributed by atoms with Crippen LogP contribution in [0.4, 0.5) is 11.4 Å². The maximum atomic E-state index is 12.1. The first-order valence-corrected chi connectivity index (χ1v) is 6.03. The van der Waals surface area contributed by atoms with Gasteiger partial charge >= 0.3 is 0 Å². The van der Waals surface area contributed by atoms with E-state index >= 15 is 0 Å². The van der Waals surface area contributed by atoms with Crippen LogP contribution in [0.3, 0.4) is 0 Å². The number of pyridine rings is 1. The lowest BCUT2D eigenvalue weighted by atomic mass is 10.2. The highest BCUT2D eigenvalue weighted by molar-refractivity contribution is 6.30. The summed E-state index contributed by atoms with van der Waals surface area (Å²) in [7, 11) is 0. The van der Waals surface area contributed by atoms with Gasteiger partial charge in [0.2, 0.25) is 0 Å². The fourth-order valence-electron chi connectivity index (χ4n) is 1.59. The monoisotopic (exact) mass is 291 g/mol. The van der Waals surface area contributed by atoms with E-state index in [2.05, 4.69) is 10.3 Å². The fraction of sp³-hybridized carbons (Fsp3) is 0.0769. The van der Waals surface area contributed by atoms with E-state index in [-0.39, 0.29) is 16.4 Å². The molecule has 0 aliphatic rings. The van der Waals surface area contributed by atoms with Crippen LogP contribution < -0.4 is 5.32 Å². The lowest BCUT2D eigenvalue weighted by Crippen LogP contribution is -2.14. The Kier molecular flexibility index (Phi) is 3.95. The molecule has 7 heteroatoms. The van der Waals surface area contributed by atoms with Gasteiger partial charge in [0.15, 0.2) is 0 Å². The van der Waals surface area contributed by atoms with Crippen LogP contribution in [0, 0.1) is 17.0 Å². The van der Waals surface area contributed by atoms with Crippen molar-refractivity contribution in [3.63, 3.8) is 0 Å². The Morgan fingerprint density at radius 2 is 2.00 bits per heavy atom. The van der Waals surface area contributed by atoms with Crippen molar-refractivity contribution >= 4 is 28.9 Å². The molecule has 102 valence electrons. The molecule has 2 rings (SSSR count). The Bertz CT molecular complexity index is 671. The minimum absolute atomic E-state index is 0.0182. The molecule has 0 unspecified atom stereocenters. The predicted molar refractivity (Wildman–Crippen MR) is 75.0 cm³/mol. The van der Waals surface area contributed by atoms with Crippen LogP contribution in [-0.4, -0.2) is 15.8 Å². The van der Waals surface area contributed by atoms with Gasteiger partial charge in [-0.15, -0.1) is 0 Å². The summed E-state index contributed by atoms with van der Waals surface area (Å²) in [6, 6.07) is 8.24. The number of benzene rings is 1. The van der Waals surface area contributed by atoms with E-state index in [1.165, 1.54) is 6.07 Å². The molecule has 0 atom stereocenters. The van der Waals surface area contributed by atoms with Gasteiger partial charge in [-0.25, -0.2) is 4.98 Å². The molecule has 0 aliphatic carbocycles. The first-order chi connectivity index (χ1) is 9.47. The smallest absolute Gasteiger partial charge is 0.300 e. The number of aryl methyl sites for hydroxylation is 1. The minimum Gasteiger partial charge on any atom is -0.322 e. The number of rotatable bonds is 3. The van der Waals surface area contributed by atoms with E-state index in [1.54, 1.807) is 12.1 Å². The van der Waals surface area contributed by atoms with Gasteiger partial charge in [0.05, 0.1) is 4.92 Å². The second kappa shape index (κ2) is 5.66. The van der Waals surface area contributed by atoms with Gasteiger partial charge in [-0.3, -0.25) is 14.9 Å². The van der Waals surface area contributed by atoms with E-state index in [1.807, 2.05) is 19.1 Å². The van der Waals surface area contributed by atoms with Gasteiger partial charge in [-0.2, -0.15) is 0 Å². The summed E-state index contributed by atoms with van der Waals surface area (Å²) < 4.78 is 0. The van der Waals surface area contributed by atoms with Crippen molar-refractivity contribution in [3.8, 4) is 0 Å². The summed E-state index contributed by atoms with van der Waals surface area (Å²) in [6.45, 7) is 1.92. The average Bonchev–Trinajstić information content (AvgIpc) is 2.41. The molecule has 1 N–H and O–H groups in total. The Hall–Kier alpha value is -2.47. The predicted octanol–water partition coefficient (Wildman–Crippen LogP) is 3.20. The summed E-state index contributed by atoms with van der Waals surface area (Å²) in [4.78, 5) is 25.9. The molecule has 0 saturated heterocycles. The molecule has 1 heterocycles. The molecule has 6 nitrogen and oxygen atoms in total. The largest absolute Gasteiger partial charge is 0.322 e. The van der Waals surface area contributed by atoms with Crippen LogP contribution >= 0.6 is 11.6 Å². The Balaban J connectivity index is 2.31. The van der Waals surface area contributed by atoms with Crippen molar-refractivity contribution in [2.75, 3.05) is 5.32 Å². The van der Waals surface area contributed by atoms with Crippen molar-refractivity contribution in [1.82, 2.24) is 4.98 Å². The second-order valence-electron chi connectivity index (χ2n) is 4.10. The second-order valence-corrected chi connectivity index (χ2v) is 4.49. The van der Waals surface area contributed by atoms with Crippen LogP contribution in [0.25, 0.3) is 0 Å². The number of carbonyl (C=O) groups is 1. The minimum atomic E-state index is -0.673. The number of anilines is 1. The number of aromatic nitrogens is 1. The number of amides is 1. The van der Waals surface area contributed by atoms with Crippen LogP contribution in [0.2, 0.25) is 5.15 Å². The van der Waals surface area contributed by atoms with Crippen LogP contribution in [-0.2, 0) is 0 Å². The van der Waals surface area contributed by atoms with Crippen molar-refractivity contribution in [2.24, 2.45) is 0 Å². The van der Waals surface area contributed by atoms with Crippen molar-refractivity contribution in [2.45, 2.75) is 6.92 Å². The molecule has 20 heavy (non-hydrogen) atoms.